The Morgan fingerprint density at radius 3 is 2.65 bits per heavy atom. The molecule has 0 fully saturated rings. The number of aromatic nitrogens is 1. The van der Waals surface area contributed by atoms with Gasteiger partial charge in [0.1, 0.15) is 24.0 Å². The summed E-state index contributed by atoms with van der Waals surface area (Å²) in [5.41, 5.74) is 1.65. The second-order valence-corrected chi connectivity index (χ2v) is 7.31. The van der Waals surface area contributed by atoms with Crippen molar-refractivity contribution >= 4 is 23.4 Å². The molecule has 0 atom stereocenters. The van der Waals surface area contributed by atoms with Crippen molar-refractivity contribution in [3.8, 4) is 22.6 Å². The molecule has 7 heteroatoms. The molecule has 0 aliphatic carbocycles. The van der Waals surface area contributed by atoms with Gasteiger partial charge < -0.3 is 14.2 Å². The number of halogens is 1. The highest BCUT2D eigenvalue weighted by Crippen LogP contribution is 2.43. The van der Waals surface area contributed by atoms with Crippen LogP contribution in [0.3, 0.4) is 0 Å². The molecular formula is C19H21ClN2O4. The molecule has 1 aromatic carbocycles. The quantitative estimate of drug-likeness (QED) is 0.720. The molecule has 0 bridgehead atoms. The predicted molar refractivity (Wildman–Crippen MR) is 100 cm³/mol. The van der Waals surface area contributed by atoms with Crippen LogP contribution in [0.1, 0.15) is 20.8 Å². The third kappa shape index (κ3) is 4.02. The third-order valence-electron chi connectivity index (χ3n) is 3.72. The fourth-order valence-corrected chi connectivity index (χ4v) is 2.73. The van der Waals surface area contributed by atoms with Crippen molar-refractivity contribution in [1.29, 1.82) is 0 Å². The summed E-state index contributed by atoms with van der Waals surface area (Å²) in [6.07, 6.45) is 1.17. The monoisotopic (exact) mass is 376 g/mol. The van der Waals surface area contributed by atoms with E-state index < -0.39 is 11.7 Å². The topological polar surface area (TPSA) is 60.9 Å². The normalized spacial score (nSPS) is 13.3. The van der Waals surface area contributed by atoms with E-state index in [0.717, 1.165) is 11.1 Å². The molecule has 3 rings (SSSR count). The van der Waals surface area contributed by atoms with Gasteiger partial charge in [0.05, 0.1) is 5.69 Å². The fourth-order valence-electron chi connectivity index (χ4n) is 2.55. The maximum absolute atomic E-state index is 12.4. The van der Waals surface area contributed by atoms with Gasteiger partial charge in [-0.2, -0.15) is 0 Å². The van der Waals surface area contributed by atoms with Crippen LogP contribution in [0.4, 0.5) is 10.5 Å². The van der Waals surface area contributed by atoms with E-state index in [0.29, 0.717) is 35.6 Å². The van der Waals surface area contributed by atoms with Gasteiger partial charge in [0.2, 0.25) is 0 Å². The highest BCUT2D eigenvalue weighted by molar-refractivity contribution is 6.29. The highest BCUT2D eigenvalue weighted by atomic mass is 35.5. The Bertz CT molecular complexity index is 833. The van der Waals surface area contributed by atoms with Crippen LogP contribution in [-0.2, 0) is 4.74 Å². The number of anilines is 1. The van der Waals surface area contributed by atoms with Gasteiger partial charge in [0.15, 0.2) is 11.5 Å². The van der Waals surface area contributed by atoms with Crippen LogP contribution in [-0.4, -0.2) is 36.9 Å². The Morgan fingerprint density at radius 1 is 1.23 bits per heavy atom. The second-order valence-electron chi connectivity index (χ2n) is 6.92. The first-order valence-corrected chi connectivity index (χ1v) is 8.65. The van der Waals surface area contributed by atoms with E-state index in [9.17, 15) is 4.79 Å². The van der Waals surface area contributed by atoms with E-state index in [2.05, 4.69) is 4.98 Å². The molecule has 0 saturated heterocycles. The van der Waals surface area contributed by atoms with Gasteiger partial charge in [-0.05, 0) is 44.5 Å². The lowest BCUT2D eigenvalue weighted by molar-refractivity contribution is 0.0589. The minimum absolute atomic E-state index is 0.374. The summed E-state index contributed by atoms with van der Waals surface area (Å²) < 4.78 is 17.0. The van der Waals surface area contributed by atoms with Crippen molar-refractivity contribution in [2.24, 2.45) is 0 Å². The van der Waals surface area contributed by atoms with Crippen LogP contribution in [0.15, 0.2) is 30.5 Å². The number of carbonyl (C=O) groups is 1. The number of hydrogen-bond donors (Lipinski definition) is 0. The van der Waals surface area contributed by atoms with Crippen LogP contribution in [0, 0.1) is 0 Å². The number of amides is 1. The molecule has 1 amide bonds. The molecule has 2 heterocycles. The number of carbonyl (C=O) groups excluding carboxylic acids is 1. The van der Waals surface area contributed by atoms with Crippen LogP contribution in [0.25, 0.3) is 11.1 Å². The zero-order valence-corrected chi connectivity index (χ0v) is 16.0. The first-order chi connectivity index (χ1) is 12.2. The van der Waals surface area contributed by atoms with E-state index in [1.54, 1.807) is 25.4 Å². The van der Waals surface area contributed by atoms with Crippen molar-refractivity contribution in [3.63, 3.8) is 0 Å². The number of rotatable bonds is 2. The maximum Gasteiger partial charge on any atom is 0.414 e. The molecule has 1 aromatic heterocycles. The number of nitrogens with zero attached hydrogens (tertiary/aromatic N) is 2. The first-order valence-electron chi connectivity index (χ1n) is 8.27. The molecule has 138 valence electrons. The number of pyridine rings is 1. The van der Waals surface area contributed by atoms with Gasteiger partial charge in [-0.1, -0.05) is 11.6 Å². The van der Waals surface area contributed by atoms with Crippen LogP contribution < -0.4 is 14.4 Å². The average Bonchev–Trinajstić information content (AvgIpc) is 2.58. The Balaban J connectivity index is 2.05. The summed E-state index contributed by atoms with van der Waals surface area (Å²) in [6.45, 7) is 6.38. The molecular weight excluding hydrogens is 356 g/mol. The Labute approximate surface area is 157 Å². The van der Waals surface area contributed by atoms with Crippen LogP contribution in [0.5, 0.6) is 11.5 Å². The zero-order chi connectivity index (χ0) is 18.9. The summed E-state index contributed by atoms with van der Waals surface area (Å²) >= 11 is 6.04. The maximum atomic E-state index is 12.4. The lowest BCUT2D eigenvalue weighted by atomic mass is 10.0. The summed E-state index contributed by atoms with van der Waals surface area (Å²) in [5, 5.41) is 0.374. The molecule has 26 heavy (non-hydrogen) atoms. The van der Waals surface area contributed by atoms with E-state index in [1.165, 1.54) is 4.90 Å². The number of fused-ring (bicyclic) bond motifs is 1. The Hall–Kier alpha value is -2.47. The van der Waals surface area contributed by atoms with Gasteiger partial charge in [-0.15, -0.1) is 0 Å². The number of hydrogen-bond acceptors (Lipinski definition) is 5. The minimum Gasteiger partial charge on any atom is -0.486 e. The van der Waals surface area contributed by atoms with Gasteiger partial charge in [0.25, 0.3) is 0 Å². The molecule has 2 aromatic rings. The summed E-state index contributed by atoms with van der Waals surface area (Å²) in [7, 11) is 1.66. The van der Waals surface area contributed by atoms with Gasteiger partial charge >= 0.3 is 6.09 Å². The summed E-state index contributed by atoms with van der Waals surface area (Å²) in [5.74, 6) is 1.20. The fraction of sp³-hybridized carbons (Fsp3) is 0.368. The Kier molecular flexibility index (Phi) is 4.96. The van der Waals surface area contributed by atoms with Gasteiger partial charge in [-0.3, -0.25) is 4.90 Å². The van der Waals surface area contributed by atoms with Crippen molar-refractivity contribution in [2.75, 3.05) is 25.2 Å². The summed E-state index contributed by atoms with van der Waals surface area (Å²) in [6, 6.07) is 7.19. The van der Waals surface area contributed by atoms with Crippen molar-refractivity contribution < 1.29 is 19.0 Å². The van der Waals surface area contributed by atoms with E-state index in [4.69, 9.17) is 25.8 Å². The molecule has 0 unspecified atom stereocenters. The Morgan fingerprint density at radius 2 is 1.96 bits per heavy atom. The second kappa shape index (κ2) is 7.03. The molecule has 0 radical (unpaired) electrons. The SMILES string of the molecule is CN(C(=O)OC(C)(C)C)c1cc2c(c(-c3ccnc(Cl)c3)c1)OCCO2. The predicted octanol–water partition coefficient (Wildman–Crippen LogP) is 4.54. The average molecular weight is 377 g/mol. The molecule has 0 N–H and O–H groups in total. The molecule has 0 saturated carbocycles. The molecule has 6 nitrogen and oxygen atoms in total. The zero-order valence-electron chi connectivity index (χ0n) is 15.2. The smallest absolute Gasteiger partial charge is 0.414 e. The van der Waals surface area contributed by atoms with Crippen molar-refractivity contribution in [3.05, 3.63) is 35.6 Å². The molecule has 1 aliphatic heterocycles. The van der Waals surface area contributed by atoms with E-state index >= 15 is 0 Å². The largest absolute Gasteiger partial charge is 0.486 e. The van der Waals surface area contributed by atoms with Crippen LogP contribution in [0.2, 0.25) is 5.15 Å². The standard InChI is InChI=1S/C19H21ClN2O4/c1-19(2,3)26-18(23)22(4)13-10-14(12-5-6-21-16(20)9-12)17-15(11-13)24-7-8-25-17/h5-6,9-11H,7-8H2,1-4H3. The highest BCUT2D eigenvalue weighted by Gasteiger charge is 2.25. The number of ether oxygens (including phenoxy) is 3. The number of benzene rings is 1. The third-order valence-corrected chi connectivity index (χ3v) is 3.93. The minimum atomic E-state index is -0.583. The van der Waals surface area contributed by atoms with Crippen molar-refractivity contribution in [2.45, 2.75) is 26.4 Å². The van der Waals surface area contributed by atoms with Gasteiger partial charge in [0, 0.05) is 24.9 Å². The lowest BCUT2D eigenvalue weighted by Gasteiger charge is -2.27. The van der Waals surface area contributed by atoms with Crippen molar-refractivity contribution in [1.82, 2.24) is 4.98 Å². The summed E-state index contributed by atoms with van der Waals surface area (Å²) in [4.78, 5) is 17.9. The van der Waals surface area contributed by atoms with E-state index in [1.807, 2.05) is 32.9 Å². The lowest BCUT2D eigenvalue weighted by Crippen LogP contribution is -2.34. The first kappa shape index (κ1) is 18.3. The molecule has 0 spiro atoms. The van der Waals surface area contributed by atoms with Crippen LogP contribution >= 0.6 is 11.6 Å². The van der Waals surface area contributed by atoms with Gasteiger partial charge in [-0.25, -0.2) is 9.78 Å². The molecule has 1 aliphatic rings. The van der Waals surface area contributed by atoms with E-state index in [-0.39, 0.29) is 0 Å².